The predicted octanol–water partition coefficient (Wildman–Crippen LogP) is -2.87. The fourth-order valence-electron chi connectivity index (χ4n) is 2.89. The highest BCUT2D eigenvalue weighted by Gasteiger charge is 2.31. The van der Waals surface area contributed by atoms with Gasteiger partial charge in [0.2, 0.25) is 17.7 Å². The van der Waals surface area contributed by atoms with Crippen LogP contribution in [0.1, 0.15) is 24.8 Å². The average Bonchev–Trinajstić information content (AvgIpc) is 2.80. The van der Waals surface area contributed by atoms with Gasteiger partial charge >= 0.3 is 17.9 Å². The molecule has 198 valence electrons. The molecule has 36 heavy (non-hydrogen) atoms. The Hall–Kier alpha value is -4.24. The molecule has 15 nitrogen and oxygen atoms in total. The van der Waals surface area contributed by atoms with Gasteiger partial charge in [-0.15, -0.1) is 0 Å². The minimum absolute atomic E-state index is 0.0611. The number of phenols is 1. The maximum Gasteiger partial charge on any atom is 0.326 e. The number of carbonyl (C=O) groups excluding carboxylic acids is 3. The van der Waals surface area contributed by atoms with E-state index in [0.29, 0.717) is 5.56 Å². The monoisotopic (exact) mass is 512 g/mol. The molecular formula is C21H28N4O11. The number of carbonyl (C=O) groups is 6. The summed E-state index contributed by atoms with van der Waals surface area (Å²) in [5.41, 5.74) is 5.78. The van der Waals surface area contributed by atoms with Crippen LogP contribution in [0.25, 0.3) is 0 Å². The zero-order valence-corrected chi connectivity index (χ0v) is 18.9. The summed E-state index contributed by atoms with van der Waals surface area (Å²) < 4.78 is 0. The molecule has 4 unspecified atom stereocenters. The Balaban J connectivity index is 3.05. The second kappa shape index (κ2) is 14.2. The van der Waals surface area contributed by atoms with Crippen LogP contribution in [0.3, 0.4) is 0 Å². The van der Waals surface area contributed by atoms with Crippen molar-refractivity contribution in [3.63, 3.8) is 0 Å². The average molecular weight is 512 g/mol. The number of aliphatic hydroxyl groups excluding tert-OH is 1. The molecule has 0 aliphatic carbocycles. The van der Waals surface area contributed by atoms with Gasteiger partial charge in [0.15, 0.2) is 0 Å². The molecule has 0 spiro atoms. The first-order valence-corrected chi connectivity index (χ1v) is 10.6. The summed E-state index contributed by atoms with van der Waals surface area (Å²) in [6, 6.07) is -0.819. The van der Waals surface area contributed by atoms with Gasteiger partial charge in [-0.25, -0.2) is 4.79 Å². The first-order valence-electron chi connectivity index (χ1n) is 10.6. The summed E-state index contributed by atoms with van der Waals surface area (Å²) in [6.07, 6.45) is -2.24. The maximum absolute atomic E-state index is 12.8. The van der Waals surface area contributed by atoms with Gasteiger partial charge in [-0.2, -0.15) is 0 Å². The van der Waals surface area contributed by atoms with Crippen LogP contribution in [0.4, 0.5) is 0 Å². The van der Waals surface area contributed by atoms with Crippen molar-refractivity contribution in [2.45, 2.75) is 49.9 Å². The second-order valence-corrected chi connectivity index (χ2v) is 7.71. The number of rotatable bonds is 15. The summed E-state index contributed by atoms with van der Waals surface area (Å²) in [7, 11) is 0. The van der Waals surface area contributed by atoms with Crippen LogP contribution >= 0.6 is 0 Å². The number of amides is 3. The van der Waals surface area contributed by atoms with E-state index in [1.54, 1.807) is 0 Å². The number of hydrogen-bond donors (Lipinski definition) is 9. The third-order valence-corrected chi connectivity index (χ3v) is 4.82. The van der Waals surface area contributed by atoms with E-state index in [1.807, 2.05) is 5.32 Å². The van der Waals surface area contributed by atoms with E-state index in [2.05, 4.69) is 10.6 Å². The molecule has 1 aromatic rings. The Bertz CT molecular complexity index is 967. The quantitative estimate of drug-likeness (QED) is 0.115. The number of aliphatic carboxylic acids is 3. The zero-order valence-electron chi connectivity index (χ0n) is 18.9. The van der Waals surface area contributed by atoms with E-state index in [0.717, 1.165) is 0 Å². The zero-order chi connectivity index (χ0) is 27.4. The molecule has 0 bridgehead atoms. The van der Waals surface area contributed by atoms with Crippen molar-refractivity contribution in [2.75, 3.05) is 6.61 Å². The van der Waals surface area contributed by atoms with Crippen LogP contribution in [0.5, 0.6) is 5.75 Å². The third kappa shape index (κ3) is 10.4. The van der Waals surface area contributed by atoms with E-state index in [9.17, 15) is 39.0 Å². The predicted molar refractivity (Wildman–Crippen MR) is 119 cm³/mol. The van der Waals surface area contributed by atoms with Crippen LogP contribution in [0.2, 0.25) is 0 Å². The van der Waals surface area contributed by atoms with Gasteiger partial charge in [-0.3, -0.25) is 24.0 Å². The molecular weight excluding hydrogens is 484 g/mol. The molecule has 0 saturated heterocycles. The lowest BCUT2D eigenvalue weighted by Crippen LogP contribution is -2.58. The number of hydrogen-bond acceptors (Lipinski definition) is 9. The largest absolute Gasteiger partial charge is 0.508 e. The van der Waals surface area contributed by atoms with Crippen molar-refractivity contribution in [1.82, 2.24) is 16.0 Å². The highest BCUT2D eigenvalue weighted by Crippen LogP contribution is 2.12. The Labute approximate surface area is 204 Å². The van der Waals surface area contributed by atoms with Crippen LogP contribution in [-0.2, 0) is 35.2 Å². The lowest BCUT2D eigenvalue weighted by molar-refractivity contribution is -0.143. The molecule has 0 aliphatic rings. The molecule has 3 amide bonds. The van der Waals surface area contributed by atoms with Gasteiger partial charge in [0.25, 0.3) is 0 Å². The normalized spacial score (nSPS) is 13.9. The van der Waals surface area contributed by atoms with Crippen LogP contribution in [0, 0.1) is 0 Å². The van der Waals surface area contributed by atoms with E-state index in [-0.39, 0.29) is 12.2 Å². The first-order chi connectivity index (χ1) is 16.8. The number of aliphatic hydroxyl groups is 1. The van der Waals surface area contributed by atoms with Crippen molar-refractivity contribution >= 4 is 35.6 Å². The first kappa shape index (κ1) is 29.8. The number of aromatic hydroxyl groups is 1. The molecule has 1 aromatic carbocycles. The van der Waals surface area contributed by atoms with Crippen LogP contribution in [-0.4, -0.2) is 91.9 Å². The van der Waals surface area contributed by atoms with E-state index >= 15 is 0 Å². The van der Waals surface area contributed by atoms with Crippen LogP contribution in [0.15, 0.2) is 24.3 Å². The Kier molecular flexibility index (Phi) is 11.8. The Morgan fingerprint density at radius 2 is 1.31 bits per heavy atom. The number of benzene rings is 1. The number of carboxylic acids is 3. The molecule has 15 heteroatoms. The smallest absolute Gasteiger partial charge is 0.326 e. The molecule has 0 aromatic heterocycles. The lowest BCUT2D eigenvalue weighted by Gasteiger charge is -2.24. The van der Waals surface area contributed by atoms with Gasteiger partial charge in [0.1, 0.15) is 29.9 Å². The number of nitrogens with one attached hydrogen (secondary N) is 3. The van der Waals surface area contributed by atoms with Crippen molar-refractivity contribution in [1.29, 1.82) is 0 Å². The minimum atomic E-state index is -1.74. The van der Waals surface area contributed by atoms with Gasteiger partial charge in [0, 0.05) is 12.8 Å². The van der Waals surface area contributed by atoms with E-state index in [1.165, 1.54) is 24.3 Å². The summed E-state index contributed by atoms with van der Waals surface area (Å²) >= 11 is 0. The number of phenolic OH excluding ortho intramolecular Hbond substituents is 1. The molecule has 10 N–H and O–H groups in total. The maximum atomic E-state index is 12.8. The van der Waals surface area contributed by atoms with Crippen molar-refractivity contribution in [3.8, 4) is 5.75 Å². The summed E-state index contributed by atoms with van der Waals surface area (Å²) in [5, 5.41) is 52.2. The lowest BCUT2D eigenvalue weighted by atomic mass is 10.0. The van der Waals surface area contributed by atoms with Crippen molar-refractivity contribution in [2.24, 2.45) is 5.73 Å². The third-order valence-electron chi connectivity index (χ3n) is 4.82. The summed E-state index contributed by atoms with van der Waals surface area (Å²) in [6.45, 7) is -0.797. The second-order valence-electron chi connectivity index (χ2n) is 7.71. The Morgan fingerprint density at radius 1 is 0.778 bits per heavy atom. The fourth-order valence-corrected chi connectivity index (χ4v) is 2.89. The van der Waals surface area contributed by atoms with E-state index in [4.69, 9.17) is 21.1 Å². The van der Waals surface area contributed by atoms with Crippen molar-refractivity contribution < 1.29 is 54.3 Å². The standard InChI is InChI=1S/C21H28N4O11/c22-12(9-26)18(32)24-14(8-17(30)31)20(34)23-13(5-6-16(28)29)19(33)25-15(21(35)36)7-10-1-3-11(27)4-2-10/h1-4,12-15,26-27H,5-9,22H2,(H,23,34)(H,24,32)(H,25,33)(H,28,29)(H,30,31)(H,35,36). The van der Waals surface area contributed by atoms with Crippen molar-refractivity contribution in [3.05, 3.63) is 29.8 Å². The summed E-state index contributed by atoms with van der Waals surface area (Å²) in [4.78, 5) is 71.2. The Morgan fingerprint density at radius 3 is 1.81 bits per heavy atom. The van der Waals surface area contributed by atoms with Gasteiger partial charge < -0.3 is 47.2 Å². The molecule has 0 aliphatic heterocycles. The summed E-state index contributed by atoms with van der Waals surface area (Å²) in [5.74, 6) is -7.62. The number of carboxylic acid groups (broad SMARTS) is 3. The van der Waals surface area contributed by atoms with Gasteiger partial charge in [0.05, 0.1) is 13.0 Å². The molecule has 4 atom stereocenters. The number of nitrogens with two attached hydrogens (primary N) is 1. The SMILES string of the molecule is NC(CO)C(=O)NC(CC(=O)O)C(=O)NC(CCC(=O)O)C(=O)NC(Cc1ccc(O)cc1)C(=O)O. The highest BCUT2D eigenvalue weighted by atomic mass is 16.4. The van der Waals surface area contributed by atoms with Gasteiger partial charge in [-0.1, -0.05) is 12.1 Å². The van der Waals surface area contributed by atoms with Crippen LogP contribution < -0.4 is 21.7 Å². The minimum Gasteiger partial charge on any atom is -0.508 e. The highest BCUT2D eigenvalue weighted by molar-refractivity contribution is 5.95. The fraction of sp³-hybridized carbons (Fsp3) is 0.429. The van der Waals surface area contributed by atoms with Gasteiger partial charge in [-0.05, 0) is 24.1 Å². The molecule has 0 fully saturated rings. The molecule has 0 heterocycles. The topological polar surface area (TPSA) is 266 Å². The molecule has 0 saturated carbocycles. The van der Waals surface area contributed by atoms with E-state index < -0.39 is 85.7 Å². The molecule has 1 rings (SSSR count). The molecule has 0 radical (unpaired) electrons.